The molecule has 0 N–H and O–H groups in total. The van der Waals surface area contributed by atoms with Gasteiger partial charge in [-0.1, -0.05) is 18.5 Å². The molecule has 0 radical (unpaired) electrons. The Labute approximate surface area is 87.8 Å². The Morgan fingerprint density at radius 1 is 1.50 bits per heavy atom. The Bertz CT molecular complexity index is 399. The largest absolute Gasteiger partial charge is 0.495 e. The first kappa shape index (κ1) is 9.53. The van der Waals surface area contributed by atoms with E-state index in [-0.39, 0.29) is 11.7 Å². The number of halogens is 1. The molecule has 0 heterocycles. The molecule has 0 saturated heterocycles. The maximum absolute atomic E-state index is 11.6. The molecule has 14 heavy (non-hydrogen) atoms. The monoisotopic (exact) mass is 210 g/mol. The van der Waals surface area contributed by atoms with Crippen LogP contribution in [0.4, 0.5) is 0 Å². The van der Waals surface area contributed by atoms with Crippen LogP contribution in [0, 0.1) is 5.92 Å². The molecule has 0 saturated carbocycles. The van der Waals surface area contributed by atoms with Crippen molar-refractivity contribution < 1.29 is 9.53 Å². The molecule has 1 aliphatic rings. The Morgan fingerprint density at radius 3 is 2.86 bits per heavy atom. The number of ether oxygens (including phenoxy) is 1. The third kappa shape index (κ3) is 1.30. The van der Waals surface area contributed by atoms with Gasteiger partial charge in [-0.15, -0.1) is 0 Å². The van der Waals surface area contributed by atoms with Crippen molar-refractivity contribution in [2.45, 2.75) is 13.3 Å². The van der Waals surface area contributed by atoms with Crippen molar-refractivity contribution >= 4 is 17.4 Å². The van der Waals surface area contributed by atoms with Crippen molar-refractivity contribution in [3.05, 3.63) is 28.3 Å². The van der Waals surface area contributed by atoms with Crippen LogP contribution < -0.4 is 4.74 Å². The lowest BCUT2D eigenvalue weighted by molar-refractivity contribution is 0.0946. The molecular weight excluding hydrogens is 200 g/mol. The fraction of sp³-hybridized carbons (Fsp3) is 0.364. The number of rotatable bonds is 1. The lowest BCUT2D eigenvalue weighted by Crippen LogP contribution is -2.02. The van der Waals surface area contributed by atoms with E-state index in [1.165, 1.54) is 0 Å². The van der Waals surface area contributed by atoms with Gasteiger partial charge in [-0.2, -0.15) is 0 Å². The second-order valence-electron chi connectivity index (χ2n) is 3.61. The smallest absolute Gasteiger partial charge is 0.166 e. The molecule has 0 aliphatic heterocycles. The summed E-state index contributed by atoms with van der Waals surface area (Å²) >= 11 is 5.94. The van der Waals surface area contributed by atoms with Crippen LogP contribution in [0.25, 0.3) is 0 Å². The van der Waals surface area contributed by atoms with Crippen molar-refractivity contribution in [1.29, 1.82) is 0 Å². The number of benzene rings is 1. The Hall–Kier alpha value is -1.02. The molecule has 2 rings (SSSR count). The summed E-state index contributed by atoms with van der Waals surface area (Å²) in [6.45, 7) is 1.93. The minimum absolute atomic E-state index is 0.0770. The van der Waals surface area contributed by atoms with Gasteiger partial charge in [-0.05, 0) is 24.1 Å². The van der Waals surface area contributed by atoms with E-state index in [1.807, 2.05) is 13.0 Å². The van der Waals surface area contributed by atoms with Gasteiger partial charge < -0.3 is 4.74 Å². The first-order valence-electron chi connectivity index (χ1n) is 4.54. The summed E-state index contributed by atoms with van der Waals surface area (Å²) in [5.41, 5.74) is 1.80. The molecule has 0 bridgehead atoms. The van der Waals surface area contributed by atoms with Crippen molar-refractivity contribution in [1.82, 2.24) is 0 Å². The molecule has 1 unspecified atom stereocenters. The summed E-state index contributed by atoms with van der Waals surface area (Å²) in [6, 6.07) is 3.57. The number of hydrogen-bond donors (Lipinski definition) is 0. The van der Waals surface area contributed by atoms with Crippen LogP contribution in [0.3, 0.4) is 0 Å². The van der Waals surface area contributed by atoms with Gasteiger partial charge in [0.25, 0.3) is 0 Å². The Morgan fingerprint density at radius 2 is 2.21 bits per heavy atom. The first-order valence-corrected chi connectivity index (χ1v) is 4.92. The number of hydrogen-bond acceptors (Lipinski definition) is 2. The molecule has 0 spiro atoms. The van der Waals surface area contributed by atoms with Crippen LogP contribution in [-0.4, -0.2) is 12.9 Å². The average Bonchev–Trinajstić information content (AvgIpc) is 2.43. The van der Waals surface area contributed by atoms with Crippen LogP contribution in [0.1, 0.15) is 22.8 Å². The highest BCUT2D eigenvalue weighted by atomic mass is 35.5. The summed E-state index contributed by atoms with van der Waals surface area (Å²) in [6.07, 6.45) is 0.793. The van der Waals surface area contributed by atoms with Crippen LogP contribution in [0.15, 0.2) is 12.1 Å². The number of fused-ring (bicyclic) bond motifs is 1. The fourth-order valence-corrected chi connectivity index (χ4v) is 2.08. The second kappa shape index (κ2) is 3.28. The summed E-state index contributed by atoms with van der Waals surface area (Å²) < 4.78 is 5.10. The standard InChI is InChI=1S/C11H11ClO2/c1-6-3-7-4-10(14-2)9(12)5-8(7)11(6)13/h4-6H,3H2,1-2H3. The third-order valence-corrected chi connectivity index (χ3v) is 2.91. The van der Waals surface area contributed by atoms with E-state index in [1.54, 1.807) is 13.2 Å². The van der Waals surface area contributed by atoms with Crippen molar-refractivity contribution in [2.75, 3.05) is 7.11 Å². The molecule has 2 nitrogen and oxygen atoms in total. The summed E-state index contributed by atoms with van der Waals surface area (Å²) in [5, 5.41) is 0.508. The molecule has 0 aromatic heterocycles. The number of ketones is 1. The van der Waals surface area contributed by atoms with Gasteiger partial charge in [0, 0.05) is 11.5 Å². The topological polar surface area (TPSA) is 26.3 Å². The molecule has 1 aromatic rings. The molecule has 1 aromatic carbocycles. The zero-order chi connectivity index (χ0) is 10.3. The minimum Gasteiger partial charge on any atom is -0.495 e. The second-order valence-corrected chi connectivity index (χ2v) is 4.02. The lowest BCUT2D eigenvalue weighted by atomic mass is 10.1. The van der Waals surface area contributed by atoms with E-state index in [9.17, 15) is 4.79 Å². The third-order valence-electron chi connectivity index (χ3n) is 2.62. The van der Waals surface area contributed by atoms with E-state index in [2.05, 4.69) is 0 Å². The van der Waals surface area contributed by atoms with Crippen LogP contribution >= 0.6 is 11.6 Å². The number of methoxy groups -OCH3 is 1. The van der Waals surface area contributed by atoms with Gasteiger partial charge in [0.15, 0.2) is 5.78 Å². The Balaban J connectivity index is 2.54. The van der Waals surface area contributed by atoms with Crippen LogP contribution in [0.2, 0.25) is 5.02 Å². The lowest BCUT2D eigenvalue weighted by Gasteiger charge is -2.05. The van der Waals surface area contributed by atoms with E-state index >= 15 is 0 Å². The van der Waals surface area contributed by atoms with Gasteiger partial charge >= 0.3 is 0 Å². The van der Waals surface area contributed by atoms with Gasteiger partial charge in [0.05, 0.1) is 12.1 Å². The van der Waals surface area contributed by atoms with E-state index in [0.717, 1.165) is 17.5 Å². The highest BCUT2D eigenvalue weighted by Gasteiger charge is 2.28. The van der Waals surface area contributed by atoms with E-state index in [4.69, 9.17) is 16.3 Å². The van der Waals surface area contributed by atoms with Crippen LogP contribution in [-0.2, 0) is 6.42 Å². The minimum atomic E-state index is 0.0770. The molecule has 0 fully saturated rings. The van der Waals surface area contributed by atoms with Crippen molar-refractivity contribution in [3.8, 4) is 5.75 Å². The number of carbonyl (C=O) groups is 1. The molecule has 0 amide bonds. The van der Waals surface area contributed by atoms with Crippen molar-refractivity contribution in [2.24, 2.45) is 5.92 Å². The predicted molar refractivity (Wildman–Crippen MR) is 55.2 cm³/mol. The Kier molecular flexibility index (Phi) is 2.23. The highest BCUT2D eigenvalue weighted by Crippen LogP contribution is 2.34. The maximum Gasteiger partial charge on any atom is 0.166 e. The molecule has 1 atom stereocenters. The number of carbonyl (C=O) groups excluding carboxylic acids is 1. The zero-order valence-electron chi connectivity index (χ0n) is 8.13. The van der Waals surface area contributed by atoms with Gasteiger partial charge in [0.2, 0.25) is 0 Å². The molecule has 1 aliphatic carbocycles. The predicted octanol–water partition coefficient (Wildman–Crippen LogP) is 2.72. The summed E-state index contributed by atoms with van der Waals surface area (Å²) in [5.74, 6) is 0.907. The average molecular weight is 211 g/mol. The number of Topliss-reactive ketones (excluding diaryl/α,β-unsaturated/α-hetero) is 1. The summed E-state index contributed by atoms with van der Waals surface area (Å²) in [4.78, 5) is 11.6. The van der Waals surface area contributed by atoms with E-state index in [0.29, 0.717) is 10.8 Å². The van der Waals surface area contributed by atoms with Gasteiger partial charge in [-0.25, -0.2) is 0 Å². The normalized spacial score (nSPS) is 19.6. The highest BCUT2D eigenvalue weighted by molar-refractivity contribution is 6.32. The molecular formula is C11H11ClO2. The summed E-state index contributed by atoms with van der Waals surface area (Å²) in [7, 11) is 1.58. The van der Waals surface area contributed by atoms with Crippen molar-refractivity contribution in [3.63, 3.8) is 0 Å². The van der Waals surface area contributed by atoms with E-state index < -0.39 is 0 Å². The van der Waals surface area contributed by atoms with Gasteiger partial charge in [0.1, 0.15) is 5.75 Å². The van der Waals surface area contributed by atoms with Crippen LogP contribution in [0.5, 0.6) is 5.75 Å². The maximum atomic E-state index is 11.6. The fourth-order valence-electron chi connectivity index (χ4n) is 1.84. The van der Waals surface area contributed by atoms with Gasteiger partial charge in [-0.3, -0.25) is 4.79 Å². The first-order chi connectivity index (χ1) is 6.63. The molecule has 3 heteroatoms. The molecule has 74 valence electrons. The quantitative estimate of drug-likeness (QED) is 0.713. The zero-order valence-corrected chi connectivity index (χ0v) is 8.89. The SMILES string of the molecule is COc1cc2c(cc1Cl)C(=O)C(C)C2.